The van der Waals surface area contributed by atoms with Crippen molar-refractivity contribution in [3.63, 3.8) is 0 Å². The van der Waals surface area contributed by atoms with E-state index >= 15 is 0 Å². The molecule has 0 heterocycles. The first-order valence-corrected chi connectivity index (χ1v) is 16.8. The average Bonchev–Trinajstić information content (AvgIpc) is 2.91. The maximum absolute atomic E-state index is 12.5. The summed E-state index contributed by atoms with van der Waals surface area (Å²) in [6, 6.07) is 6.19. The van der Waals surface area contributed by atoms with E-state index in [0.717, 1.165) is 19.3 Å². The largest absolute Gasteiger partial charge is 1.00 e. The van der Waals surface area contributed by atoms with Crippen LogP contribution in [0.25, 0.3) is 0 Å². The predicted molar refractivity (Wildman–Crippen MR) is 155 cm³/mol. The predicted octanol–water partition coefficient (Wildman–Crippen LogP) is 4.98. The van der Waals surface area contributed by atoms with Gasteiger partial charge < -0.3 is 14.0 Å². The van der Waals surface area contributed by atoms with Gasteiger partial charge in [-0.25, -0.2) is 18.0 Å². The molecule has 0 atom stereocenters. The van der Waals surface area contributed by atoms with Crippen LogP contribution >= 0.6 is 0 Å². The second-order valence-electron chi connectivity index (χ2n) is 10.4. The van der Waals surface area contributed by atoms with Gasteiger partial charge in [-0.05, 0) is 25.0 Å². The minimum Gasteiger partial charge on any atom is -0.748 e. The number of unbranched alkanes of at least 4 members (excludes halogenated alkanes) is 17. The molecule has 0 saturated heterocycles. The van der Waals surface area contributed by atoms with Crippen molar-refractivity contribution in [2.45, 2.75) is 129 Å². The SMILES string of the molecule is CCCCCCCCCCCCCCCCCCCCOC(=O)c1ccccc1C(=O)OCCCS(=O)(=O)[O-].[K+]. The zero-order valence-corrected chi connectivity index (χ0v) is 29.1. The minimum atomic E-state index is -4.36. The summed E-state index contributed by atoms with van der Waals surface area (Å²) in [5, 5.41) is 0. The topological polar surface area (TPSA) is 110 Å². The molecule has 1 aromatic rings. The smallest absolute Gasteiger partial charge is 0.748 e. The van der Waals surface area contributed by atoms with Crippen LogP contribution in [0.4, 0.5) is 0 Å². The summed E-state index contributed by atoms with van der Waals surface area (Å²) in [5.74, 6) is -1.95. The molecule has 0 aliphatic rings. The third-order valence-electron chi connectivity index (χ3n) is 6.87. The van der Waals surface area contributed by atoms with Gasteiger partial charge in [-0.3, -0.25) is 0 Å². The van der Waals surface area contributed by atoms with Gasteiger partial charge in [0.15, 0.2) is 0 Å². The standard InChI is InChI=1S/C31H52O7S.K/c1-2-3-4-5-6-7-8-9-10-11-12-13-14-15-16-17-18-21-25-37-30(32)28-23-19-20-24-29(28)31(33)38-26-22-27-39(34,35)36;/h19-20,23-24H,2-18,21-22,25-27H2,1H3,(H,34,35,36);/q;+1/p-1. The van der Waals surface area contributed by atoms with Crippen LogP contribution in [0.15, 0.2) is 24.3 Å². The first-order valence-electron chi connectivity index (χ1n) is 15.2. The van der Waals surface area contributed by atoms with E-state index in [1.807, 2.05) is 0 Å². The first kappa shape index (κ1) is 39.7. The van der Waals surface area contributed by atoms with Gasteiger partial charge in [0.05, 0.1) is 34.5 Å². The van der Waals surface area contributed by atoms with Crippen molar-refractivity contribution < 1.29 is 83.4 Å². The number of hydrogen-bond donors (Lipinski definition) is 0. The van der Waals surface area contributed by atoms with Crippen LogP contribution in [0, 0.1) is 0 Å². The molecule has 0 N–H and O–H groups in total. The quantitative estimate of drug-likeness (QED) is 0.0668. The Morgan fingerprint density at radius 3 is 1.27 bits per heavy atom. The molecule has 40 heavy (non-hydrogen) atoms. The van der Waals surface area contributed by atoms with E-state index in [-0.39, 0.29) is 75.5 Å². The van der Waals surface area contributed by atoms with Crippen LogP contribution in [-0.4, -0.2) is 43.9 Å². The number of hydrogen-bond acceptors (Lipinski definition) is 7. The van der Waals surface area contributed by atoms with Crippen molar-refractivity contribution in [3.8, 4) is 0 Å². The number of ether oxygens (including phenoxy) is 2. The fourth-order valence-corrected chi connectivity index (χ4v) is 5.04. The molecule has 0 bridgehead atoms. The van der Waals surface area contributed by atoms with Gasteiger partial charge in [0.2, 0.25) is 0 Å². The van der Waals surface area contributed by atoms with Crippen molar-refractivity contribution in [2.24, 2.45) is 0 Å². The van der Waals surface area contributed by atoms with Gasteiger partial charge in [0.1, 0.15) is 0 Å². The van der Waals surface area contributed by atoms with Crippen molar-refractivity contribution in [1.29, 1.82) is 0 Å². The average molecular weight is 607 g/mol. The van der Waals surface area contributed by atoms with Gasteiger partial charge in [-0.2, -0.15) is 0 Å². The molecule has 7 nitrogen and oxygen atoms in total. The maximum Gasteiger partial charge on any atom is 1.00 e. The van der Waals surface area contributed by atoms with Gasteiger partial charge in [0, 0.05) is 5.75 Å². The summed E-state index contributed by atoms with van der Waals surface area (Å²) in [6.45, 7) is 2.34. The molecule has 0 saturated carbocycles. The summed E-state index contributed by atoms with van der Waals surface area (Å²) in [6.07, 6.45) is 23.2. The van der Waals surface area contributed by atoms with E-state index in [2.05, 4.69) is 6.92 Å². The fourth-order valence-electron chi connectivity index (χ4n) is 4.56. The van der Waals surface area contributed by atoms with E-state index in [9.17, 15) is 22.6 Å². The zero-order valence-electron chi connectivity index (χ0n) is 25.1. The molecule has 0 aliphatic carbocycles. The molecule has 0 radical (unpaired) electrons. The maximum atomic E-state index is 12.5. The summed E-state index contributed by atoms with van der Waals surface area (Å²) < 4.78 is 42.3. The third kappa shape index (κ3) is 22.3. The van der Waals surface area contributed by atoms with Crippen molar-refractivity contribution in [3.05, 3.63) is 35.4 Å². The van der Waals surface area contributed by atoms with Gasteiger partial charge in [-0.1, -0.05) is 128 Å². The Hall–Kier alpha value is -0.294. The third-order valence-corrected chi connectivity index (χ3v) is 7.66. The molecule has 9 heteroatoms. The van der Waals surface area contributed by atoms with Gasteiger partial charge in [-0.15, -0.1) is 0 Å². The Bertz CT molecular complexity index is 889. The normalized spacial score (nSPS) is 11.2. The zero-order chi connectivity index (χ0) is 28.6. The number of carbonyl (C=O) groups is 2. The Morgan fingerprint density at radius 2 is 0.925 bits per heavy atom. The van der Waals surface area contributed by atoms with E-state index in [1.165, 1.54) is 108 Å². The molecular weight excluding hydrogens is 555 g/mol. The monoisotopic (exact) mass is 606 g/mol. The molecule has 1 rings (SSSR count). The van der Waals surface area contributed by atoms with Gasteiger partial charge >= 0.3 is 63.3 Å². The second-order valence-corrected chi connectivity index (χ2v) is 12.0. The molecule has 0 unspecified atom stereocenters. The van der Waals surface area contributed by atoms with Crippen molar-refractivity contribution in [2.75, 3.05) is 19.0 Å². The van der Waals surface area contributed by atoms with Crippen molar-refractivity contribution in [1.82, 2.24) is 0 Å². The first-order chi connectivity index (χ1) is 18.8. The Morgan fingerprint density at radius 1 is 0.600 bits per heavy atom. The molecule has 0 aromatic heterocycles. The van der Waals surface area contributed by atoms with Crippen LogP contribution in [0.5, 0.6) is 0 Å². The second kappa shape index (κ2) is 26.3. The number of esters is 2. The van der Waals surface area contributed by atoms with Crippen LogP contribution in [0.1, 0.15) is 150 Å². The van der Waals surface area contributed by atoms with Gasteiger partial charge in [0.25, 0.3) is 0 Å². The molecule has 1 aromatic carbocycles. The number of carbonyl (C=O) groups excluding carboxylic acids is 2. The summed E-state index contributed by atoms with van der Waals surface area (Å²) >= 11 is 0. The Labute approximate surface area is 286 Å². The summed E-state index contributed by atoms with van der Waals surface area (Å²) in [5.41, 5.74) is 0.173. The van der Waals surface area contributed by atoms with Crippen LogP contribution in [0.3, 0.4) is 0 Å². The Kier molecular flexibility index (Phi) is 26.1. The van der Waals surface area contributed by atoms with E-state index in [4.69, 9.17) is 9.47 Å². The number of rotatable bonds is 25. The van der Waals surface area contributed by atoms with Crippen LogP contribution in [-0.2, 0) is 19.6 Å². The van der Waals surface area contributed by atoms with Crippen molar-refractivity contribution >= 4 is 22.1 Å². The summed E-state index contributed by atoms with van der Waals surface area (Å²) in [7, 11) is -4.36. The van der Waals surface area contributed by atoms with Crippen LogP contribution < -0.4 is 51.4 Å². The number of benzene rings is 1. The van der Waals surface area contributed by atoms with E-state index < -0.39 is 27.8 Å². The fraction of sp³-hybridized carbons (Fsp3) is 0.742. The molecule has 224 valence electrons. The molecule has 0 spiro atoms. The molecular formula is C31H51KO7S. The summed E-state index contributed by atoms with van der Waals surface area (Å²) in [4.78, 5) is 24.8. The van der Waals surface area contributed by atoms with Crippen LogP contribution in [0.2, 0.25) is 0 Å². The molecule has 0 amide bonds. The molecule has 0 aliphatic heterocycles. The van der Waals surface area contributed by atoms with E-state index in [1.54, 1.807) is 12.1 Å². The Balaban J connectivity index is 0.0000152. The van der Waals surface area contributed by atoms with E-state index in [0.29, 0.717) is 6.61 Å². The minimum absolute atomic E-state index is 0. The molecule has 0 fully saturated rings.